The van der Waals surface area contributed by atoms with Crippen molar-refractivity contribution in [3.63, 3.8) is 0 Å². The number of nitrogens with one attached hydrogen (secondary N) is 1. The monoisotopic (exact) mass is 260 g/mol. The molecule has 2 atom stereocenters. The van der Waals surface area contributed by atoms with Crippen LogP contribution in [0.3, 0.4) is 0 Å². The van der Waals surface area contributed by atoms with Crippen molar-refractivity contribution < 1.29 is 0 Å². The summed E-state index contributed by atoms with van der Waals surface area (Å²) in [5.41, 5.74) is 4.22. The summed E-state index contributed by atoms with van der Waals surface area (Å²) in [6.07, 6.45) is 0. The molecule has 1 aliphatic heterocycles. The van der Waals surface area contributed by atoms with Crippen LogP contribution in [0.4, 0.5) is 5.69 Å². The largest absolute Gasteiger partial charge is 0.371 e. The fraction of sp³-hybridized carbons (Fsp3) is 0.647. The number of hydrogen-bond acceptors (Lipinski definition) is 2. The van der Waals surface area contributed by atoms with Crippen molar-refractivity contribution in [2.45, 2.75) is 47.2 Å². The van der Waals surface area contributed by atoms with Crippen LogP contribution in [0.2, 0.25) is 0 Å². The van der Waals surface area contributed by atoms with Gasteiger partial charge in [-0.25, -0.2) is 0 Å². The average Bonchev–Trinajstić information content (AvgIpc) is 2.67. The van der Waals surface area contributed by atoms with Gasteiger partial charge in [0, 0.05) is 31.4 Å². The molecule has 0 amide bonds. The summed E-state index contributed by atoms with van der Waals surface area (Å²) >= 11 is 0. The maximum absolute atomic E-state index is 3.55. The van der Waals surface area contributed by atoms with Crippen molar-refractivity contribution in [3.05, 3.63) is 29.3 Å². The van der Waals surface area contributed by atoms with Crippen molar-refractivity contribution in [2.24, 2.45) is 11.8 Å². The molecule has 106 valence electrons. The molecule has 2 nitrogen and oxygen atoms in total. The lowest BCUT2D eigenvalue weighted by Crippen LogP contribution is -2.26. The van der Waals surface area contributed by atoms with Crippen LogP contribution in [0.25, 0.3) is 0 Å². The summed E-state index contributed by atoms with van der Waals surface area (Å²) in [7, 11) is 0. The molecule has 0 radical (unpaired) electrons. The Bertz CT molecular complexity index is 415. The second-order valence-electron chi connectivity index (χ2n) is 6.53. The molecule has 1 fully saturated rings. The van der Waals surface area contributed by atoms with Crippen molar-refractivity contribution in [2.75, 3.05) is 18.0 Å². The van der Waals surface area contributed by atoms with Gasteiger partial charge in [0.05, 0.1) is 0 Å². The Morgan fingerprint density at radius 2 is 1.84 bits per heavy atom. The molecule has 0 aliphatic carbocycles. The molecule has 0 bridgehead atoms. The van der Waals surface area contributed by atoms with E-state index in [1.807, 2.05) is 0 Å². The van der Waals surface area contributed by atoms with Crippen LogP contribution >= 0.6 is 0 Å². The first-order chi connectivity index (χ1) is 8.97. The van der Waals surface area contributed by atoms with Crippen LogP contribution < -0.4 is 10.2 Å². The van der Waals surface area contributed by atoms with E-state index >= 15 is 0 Å². The highest BCUT2D eigenvalue weighted by molar-refractivity contribution is 5.56. The maximum atomic E-state index is 3.55. The molecule has 1 aromatic carbocycles. The highest BCUT2D eigenvalue weighted by Crippen LogP contribution is 2.30. The average molecular weight is 260 g/mol. The molecule has 19 heavy (non-hydrogen) atoms. The molecule has 2 unspecified atom stereocenters. The maximum Gasteiger partial charge on any atom is 0.0412 e. The van der Waals surface area contributed by atoms with Gasteiger partial charge in [-0.15, -0.1) is 0 Å². The summed E-state index contributed by atoms with van der Waals surface area (Å²) < 4.78 is 0. The molecular formula is C17H28N2. The van der Waals surface area contributed by atoms with E-state index in [0.717, 1.165) is 18.4 Å². The van der Waals surface area contributed by atoms with Crippen LogP contribution in [-0.2, 0) is 6.54 Å². The number of anilines is 1. The Morgan fingerprint density at radius 3 is 2.42 bits per heavy atom. The molecule has 1 aromatic rings. The van der Waals surface area contributed by atoms with E-state index in [-0.39, 0.29) is 0 Å². The van der Waals surface area contributed by atoms with Gasteiger partial charge in [-0.3, -0.25) is 0 Å². The molecule has 1 N–H and O–H groups in total. The topological polar surface area (TPSA) is 15.3 Å². The third kappa shape index (κ3) is 3.50. The van der Waals surface area contributed by atoms with Crippen molar-refractivity contribution in [1.29, 1.82) is 0 Å². The third-order valence-corrected chi connectivity index (χ3v) is 4.26. The Labute approximate surface area is 118 Å². The highest BCUT2D eigenvalue weighted by atomic mass is 15.2. The normalized spacial score (nSPS) is 23.4. The van der Waals surface area contributed by atoms with Crippen LogP contribution in [-0.4, -0.2) is 19.1 Å². The molecule has 1 heterocycles. The van der Waals surface area contributed by atoms with Gasteiger partial charge in [0.2, 0.25) is 0 Å². The number of benzene rings is 1. The standard InChI is InChI=1S/C17H28N2/c1-12(2)18-9-16-8-13(3)6-7-17(16)19-10-14(4)15(5)11-19/h6-8,12,14-15,18H,9-11H2,1-5H3. The van der Waals surface area contributed by atoms with E-state index in [1.54, 1.807) is 0 Å². The minimum Gasteiger partial charge on any atom is -0.371 e. The molecule has 0 spiro atoms. The van der Waals surface area contributed by atoms with E-state index in [0.29, 0.717) is 6.04 Å². The Morgan fingerprint density at radius 1 is 1.21 bits per heavy atom. The van der Waals surface area contributed by atoms with Gasteiger partial charge in [-0.1, -0.05) is 45.4 Å². The fourth-order valence-electron chi connectivity index (χ4n) is 2.80. The fourth-order valence-corrected chi connectivity index (χ4v) is 2.80. The van der Waals surface area contributed by atoms with Crippen LogP contribution in [0.15, 0.2) is 18.2 Å². The zero-order valence-corrected chi connectivity index (χ0v) is 13.0. The van der Waals surface area contributed by atoms with E-state index in [2.05, 4.69) is 63.0 Å². The predicted molar refractivity (Wildman–Crippen MR) is 83.7 cm³/mol. The second-order valence-corrected chi connectivity index (χ2v) is 6.53. The number of nitrogens with zero attached hydrogens (tertiary/aromatic N) is 1. The summed E-state index contributed by atoms with van der Waals surface area (Å²) in [5, 5.41) is 3.55. The van der Waals surface area contributed by atoms with Crippen molar-refractivity contribution >= 4 is 5.69 Å². The summed E-state index contributed by atoms with van der Waals surface area (Å²) in [6, 6.07) is 7.40. The zero-order chi connectivity index (χ0) is 14.0. The van der Waals surface area contributed by atoms with Gasteiger partial charge in [0.25, 0.3) is 0 Å². The summed E-state index contributed by atoms with van der Waals surface area (Å²) in [5.74, 6) is 1.60. The van der Waals surface area contributed by atoms with Gasteiger partial charge in [-0.2, -0.15) is 0 Å². The lowest BCUT2D eigenvalue weighted by Gasteiger charge is -2.23. The molecule has 1 aliphatic rings. The molecular weight excluding hydrogens is 232 g/mol. The zero-order valence-electron chi connectivity index (χ0n) is 13.0. The first kappa shape index (κ1) is 14.4. The molecule has 2 heteroatoms. The van der Waals surface area contributed by atoms with Gasteiger partial charge >= 0.3 is 0 Å². The minimum absolute atomic E-state index is 0.532. The second kappa shape index (κ2) is 5.96. The smallest absolute Gasteiger partial charge is 0.0412 e. The Kier molecular flexibility index (Phi) is 4.51. The molecule has 1 saturated heterocycles. The van der Waals surface area contributed by atoms with E-state index in [1.165, 1.54) is 29.9 Å². The number of aryl methyl sites for hydroxylation is 1. The minimum atomic E-state index is 0.532. The van der Waals surface area contributed by atoms with Gasteiger partial charge in [-0.05, 0) is 30.4 Å². The van der Waals surface area contributed by atoms with Crippen LogP contribution in [0.1, 0.15) is 38.8 Å². The van der Waals surface area contributed by atoms with Crippen LogP contribution in [0, 0.1) is 18.8 Å². The van der Waals surface area contributed by atoms with Gasteiger partial charge < -0.3 is 10.2 Å². The van der Waals surface area contributed by atoms with E-state index in [4.69, 9.17) is 0 Å². The first-order valence-electron chi connectivity index (χ1n) is 7.55. The summed E-state index contributed by atoms with van der Waals surface area (Å²) in [4.78, 5) is 2.56. The van der Waals surface area contributed by atoms with Crippen molar-refractivity contribution in [1.82, 2.24) is 5.32 Å². The summed E-state index contributed by atoms with van der Waals surface area (Å²) in [6.45, 7) is 14.7. The predicted octanol–water partition coefficient (Wildman–Crippen LogP) is 3.59. The first-order valence-corrected chi connectivity index (χ1v) is 7.55. The molecule has 2 rings (SSSR count). The molecule has 0 saturated carbocycles. The molecule has 0 aromatic heterocycles. The number of hydrogen-bond donors (Lipinski definition) is 1. The lowest BCUT2D eigenvalue weighted by atomic mass is 10.0. The Balaban J connectivity index is 2.19. The van der Waals surface area contributed by atoms with E-state index < -0.39 is 0 Å². The van der Waals surface area contributed by atoms with Gasteiger partial charge in [0.15, 0.2) is 0 Å². The number of rotatable bonds is 4. The van der Waals surface area contributed by atoms with Crippen molar-refractivity contribution in [3.8, 4) is 0 Å². The highest BCUT2D eigenvalue weighted by Gasteiger charge is 2.27. The third-order valence-electron chi connectivity index (χ3n) is 4.26. The van der Waals surface area contributed by atoms with Gasteiger partial charge in [0.1, 0.15) is 0 Å². The van der Waals surface area contributed by atoms with E-state index in [9.17, 15) is 0 Å². The lowest BCUT2D eigenvalue weighted by molar-refractivity contribution is 0.494. The van der Waals surface area contributed by atoms with Crippen LogP contribution in [0.5, 0.6) is 0 Å². The quantitative estimate of drug-likeness (QED) is 0.890. The SMILES string of the molecule is Cc1ccc(N2CC(C)C(C)C2)c(CNC(C)C)c1. The Hall–Kier alpha value is -1.02.